The van der Waals surface area contributed by atoms with Crippen molar-refractivity contribution in [3.05, 3.63) is 51.7 Å². The fourth-order valence-corrected chi connectivity index (χ4v) is 4.41. The Hall–Kier alpha value is -2.72. The third-order valence-corrected chi connectivity index (χ3v) is 6.31. The standard InChI is InChI=1S/C20H23N5O4S/c1-12-13(2)24(11-17-5-4-10-28-17)20(21-12)30-14(3)18-22-23-19(29-18)15-6-8-16(9-7-15)25(26)27/h6-9,14,17H,4-5,10-11H2,1-3H3. The summed E-state index contributed by atoms with van der Waals surface area (Å²) in [6, 6.07) is 6.05. The number of imidazole rings is 1. The van der Waals surface area contributed by atoms with Crippen molar-refractivity contribution >= 4 is 17.4 Å². The molecular formula is C20H23N5O4S. The van der Waals surface area contributed by atoms with Gasteiger partial charge in [0.2, 0.25) is 11.8 Å². The predicted molar refractivity (Wildman–Crippen MR) is 111 cm³/mol. The lowest BCUT2D eigenvalue weighted by molar-refractivity contribution is -0.384. The molecular weight excluding hydrogens is 406 g/mol. The van der Waals surface area contributed by atoms with E-state index in [0.29, 0.717) is 17.3 Å². The van der Waals surface area contributed by atoms with E-state index in [-0.39, 0.29) is 17.0 Å². The van der Waals surface area contributed by atoms with Crippen molar-refractivity contribution in [3.8, 4) is 11.5 Å². The van der Waals surface area contributed by atoms with Crippen LogP contribution in [0.15, 0.2) is 33.8 Å². The molecule has 10 heteroatoms. The molecule has 0 bridgehead atoms. The van der Waals surface area contributed by atoms with Crippen molar-refractivity contribution < 1.29 is 14.1 Å². The summed E-state index contributed by atoms with van der Waals surface area (Å²) in [6.45, 7) is 7.69. The SMILES string of the molecule is Cc1nc(SC(C)c2nnc(-c3ccc([N+](=O)[O-])cc3)o2)n(CC2CCCO2)c1C. The Kier molecular flexibility index (Phi) is 5.87. The van der Waals surface area contributed by atoms with Crippen LogP contribution in [0.4, 0.5) is 5.69 Å². The molecule has 0 amide bonds. The molecule has 30 heavy (non-hydrogen) atoms. The summed E-state index contributed by atoms with van der Waals surface area (Å²) in [5, 5.41) is 19.9. The van der Waals surface area contributed by atoms with E-state index in [0.717, 1.165) is 42.5 Å². The van der Waals surface area contributed by atoms with Crippen LogP contribution >= 0.6 is 11.8 Å². The summed E-state index contributed by atoms with van der Waals surface area (Å²) in [5.41, 5.74) is 2.80. The van der Waals surface area contributed by atoms with Crippen LogP contribution in [0, 0.1) is 24.0 Å². The van der Waals surface area contributed by atoms with E-state index in [1.807, 2.05) is 13.8 Å². The third kappa shape index (κ3) is 4.24. The number of nitrogens with zero attached hydrogens (tertiary/aromatic N) is 5. The number of non-ortho nitro benzene ring substituents is 1. The van der Waals surface area contributed by atoms with Crippen LogP contribution in [0.5, 0.6) is 0 Å². The molecule has 3 heterocycles. The van der Waals surface area contributed by atoms with Crippen LogP contribution in [0.1, 0.15) is 42.3 Å². The second-order valence-corrected chi connectivity index (χ2v) is 8.63. The minimum atomic E-state index is -0.440. The second kappa shape index (κ2) is 8.57. The van der Waals surface area contributed by atoms with Gasteiger partial charge in [-0.2, -0.15) is 0 Å². The average molecular weight is 430 g/mol. The lowest BCUT2D eigenvalue weighted by Gasteiger charge is -2.15. The van der Waals surface area contributed by atoms with Crippen molar-refractivity contribution in [2.24, 2.45) is 0 Å². The van der Waals surface area contributed by atoms with Gasteiger partial charge in [0, 0.05) is 30.0 Å². The Bertz CT molecular complexity index is 1040. The van der Waals surface area contributed by atoms with Crippen molar-refractivity contribution in [1.82, 2.24) is 19.7 Å². The molecule has 0 saturated carbocycles. The number of aromatic nitrogens is 4. The van der Waals surface area contributed by atoms with Gasteiger partial charge in [0.25, 0.3) is 5.69 Å². The molecule has 1 aliphatic heterocycles. The Morgan fingerprint density at radius 1 is 1.30 bits per heavy atom. The zero-order chi connectivity index (χ0) is 21.3. The summed E-state index contributed by atoms with van der Waals surface area (Å²) in [4.78, 5) is 15.1. The van der Waals surface area contributed by atoms with Gasteiger partial charge in [-0.05, 0) is 45.7 Å². The van der Waals surface area contributed by atoms with Gasteiger partial charge in [0.05, 0.1) is 28.5 Å². The van der Waals surface area contributed by atoms with Gasteiger partial charge < -0.3 is 13.7 Å². The number of benzene rings is 1. The number of hydrogen-bond donors (Lipinski definition) is 0. The normalized spacial score (nSPS) is 17.4. The minimum Gasteiger partial charge on any atom is -0.419 e. The van der Waals surface area contributed by atoms with Crippen LogP contribution in [0.2, 0.25) is 0 Å². The number of aryl methyl sites for hydroxylation is 1. The van der Waals surface area contributed by atoms with E-state index < -0.39 is 4.92 Å². The van der Waals surface area contributed by atoms with Crippen molar-refractivity contribution in [3.63, 3.8) is 0 Å². The molecule has 158 valence electrons. The van der Waals surface area contributed by atoms with Crippen LogP contribution in [0.3, 0.4) is 0 Å². The second-order valence-electron chi connectivity index (χ2n) is 7.32. The zero-order valence-corrected chi connectivity index (χ0v) is 17.9. The highest BCUT2D eigenvalue weighted by molar-refractivity contribution is 7.99. The topological polar surface area (TPSA) is 109 Å². The molecule has 0 aliphatic carbocycles. The van der Waals surface area contributed by atoms with Gasteiger partial charge in [-0.15, -0.1) is 10.2 Å². The molecule has 0 spiro atoms. The van der Waals surface area contributed by atoms with E-state index in [1.54, 1.807) is 23.9 Å². The zero-order valence-electron chi connectivity index (χ0n) is 17.1. The maximum atomic E-state index is 10.8. The number of thioether (sulfide) groups is 1. The summed E-state index contributed by atoms with van der Waals surface area (Å²) in [5.74, 6) is 0.817. The summed E-state index contributed by atoms with van der Waals surface area (Å²) >= 11 is 1.57. The largest absolute Gasteiger partial charge is 0.419 e. The van der Waals surface area contributed by atoms with Gasteiger partial charge in [0.1, 0.15) is 0 Å². The van der Waals surface area contributed by atoms with E-state index >= 15 is 0 Å². The fourth-order valence-electron chi connectivity index (χ4n) is 3.37. The van der Waals surface area contributed by atoms with Gasteiger partial charge in [-0.3, -0.25) is 10.1 Å². The number of nitro groups is 1. The van der Waals surface area contributed by atoms with Crippen LogP contribution in [0.25, 0.3) is 11.5 Å². The molecule has 2 atom stereocenters. The molecule has 1 saturated heterocycles. The highest BCUT2D eigenvalue weighted by Crippen LogP contribution is 2.36. The summed E-state index contributed by atoms with van der Waals surface area (Å²) in [7, 11) is 0. The summed E-state index contributed by atoms with van der Waals surface area (Å²) < 4.78 is 13.8. The fraction of sp³-hybridized carbons (Fsp3) is 0.450. The molecule has 1 fully saturated rings. The first-order valence-electron chi connectivity index (χ1n) is 9.82. The molecule has 9 nitrogen and oxygen atoms in total. The first-order valence-corrected chi connectivity index (χ1v) is 10.7. The molecule has 0 N–H and O–H groups in total. The molecule has 1 aliphatic rings. The third-order valence-electron chi connectivity index (χ3n) is 5.23. The Morgan fingerprint density at radius 3 is 2.73 bits per heavy atom. The highest BCUT2D eigenvalue weighted by Gasteiger charge is 2.24. The van der Waals surface area contributed by atoms with Crippen molar-refractivity contribution in [2.45, 2.75) is 56.7 Å². The minimum absolute atomic E-state index is 0.0197. The van der Waals surface area contributed by atoms with Gasteiger partial charge in [-0.1, -0.05) is 11.8 Å². The number of ether oxygens (including phenoxy) is 1. The maximum absolute atomic E-state index is 10.8. The Labute approximate surface area is 178 Å². The number of rotatable bonds is 7. The lowest BCUT2D eigenvalue weighted by Crippen LogP contribution is -2.16. The number of hydrogen-bond acceptors (Lipinski definition) is 8. The quantitative estimate of drug-likeness (QED) is 0.307. The molecule has 2 aromatic heterocycles. The van der Waals surface area contributed by atoms with Crippen LogP contribution < -0.4 is 0 Å². The van der Waals surface area contributed by atoms with E-state index in [4.69, 9.17) is 14.1 Å². The van der Waals surface area contributed by atoms with E-state index in [9.17, 15) is 10.1 Å². The first-order chi connectivity index (χ1) is 14.4. The van der Waals surface area contributed by atoms with Gasteiger partial charge in [0.15, 0.2) is 5.16 Å². The highest BCUT2D eigenvalue weighted by atomic mass is 32.2. The van der Waals surface area contributed by atoms with Crippen LogP contribution in [-0.2, 0) is 11.3 Å². The number of nitro benzene ring substituents is 1. The van der Waals surface area contributed by atoms with E-state index in [2.05, 4.69) is 21.7 Å². The van der Waals surface area contributed by atoms with Crippen LogP contribution in [-0.4, -0.2) is 37.4 Å². The van der Waals surface area contributed by atoms with Gasteiger partial charge in [-0.25, -0.2) is 4.98 Å². The molecule has 2 unspecified atom stereocenters. The van der Waals surface area contributed by atoms with Crippen molar-refractivity contribution in [2.75, 3.05) is 6.61 Å². The summed E-state index contributed by atoms with van der Waals surface area (Å²) in [6.07, 6.45) is 2.39. The van der Waals surface area contributed by atoms with Crippen molar-refractivity contribution in [1.29, 1.82) is 0 Å². The smallest absolute Gasteiger partial charge is 0.269 e. The Morgan fingerprint density at radius 2 is 2.07 bits per heavy atom. The first kappa shape index (κ1) is 20.5. The molecule has 3 aromatic rings. The Balaban J connectivity index is 1.50. The molecule has 0 radical (unpaired) electrons. The molecule has 1 aromatic carbocycles. The van der Waals surface area contributed by atoms with E-state index in [1.165, 1.54) is 12.1 Å². The molecule has 4 rings (SSSR count). The average Bonchev–Trinajstić information content (AvgIpc) is 3.47. The maximum Gasteiger partial charge on any atom is 0.269 e. The van der Waals surface area contributed by atoms with Gasteiger partial charge >= 0.3 is 0 Å². The lowest BCUT2D eigenvalue weighted by atomic mass is 10.2. The predicted octanol–water partition coefficient (Wildman–Crippen LogP) is 4.49. The monoisotopic (exact) mass is 429 g/mol.